The van der Waals surface area contributed by atoms with Crippen LogP contribution in [0.3, 0.4) is 0 Å². The minimum atomic E-state index is -0.856. The summed E-state index contributed by atoms with van der Waals surface area (Å²) >= 11 is 0. The van der Waals surface area contributed by atoms with E-state index in [9.17, 15) is 9.59 Å². The highest BCUT2D eigenvalue weighted by Crippen LogP contribution is 2.27. The van der Waals surface area contributed by atoms with Crippen molar-refractivity contribution in [2.45, 2.75) is 26.3 Å². The van der Waals surface area contributed by atoms with E-state index in [1.54, 1.807) is 0 Å². The van der Waals surface area contributed by atoms with Gasteiger partial charge in [0.2, 0.25) is 0 Å². The molecule has 1 aliphatic heterocycles. The molecule has 0 aromatic heterocycles. The molecule has 1 N–H and O–H groups in total. The van der Waals surface area contributed by atoms with E-state index in [0.717, 1.165) is 0 Å². The predicted molar refractivity (Wildman–Crippen MR) is 62.6 cm³/mol. The van der Waals surface area contributed by atoms with Crippen molar-refractivity contribution < 1.29 is 19.4 Å². The Labute approximate surface area is 101 Å². The summed E-state index contributed by atoms with van der Waals surface area (Å²) in [4.78, 5) is 24.2. The number of rotatable bonds is 3. The second-order valence-electron chi connectivity index (χ2n) is 4.51. The number of ether oxygens (including phenoxy) is 1. The van der Waals surface area contributed by atoms with Crippen molar-refractivity contribution in [3.8, 4) is 0 Å². The molecule has 1 heterocycles. The number of carbonyl (C=O) groups is 2. The summed E-state index contributed by atoms with van der Waals surface area (Å²) in [6.45, 7) is 7.70. The maximum absolute atomic E-state index is 11.7. The van der Waals surface area contributed by atoms with Crippen LogP contribution in [-0.4, -0.2) is 41.3 Å². The quantitative estimate of drug-likeness (QED) is 0.764. The minimum absolute atomic E-state index is 0.00270. The summed E-state index contributed by atoms with van der Waals surface area (Å²) in [7, 11) is 0. The first kappa shape index (κ1) is 13.5. The van der Waals surface area contributed by atoms with E-state index in [1.807, 2.05) is 13.8 Å². The van der Waals surface area contributed by atoms with Crippen LogP contribution in [0.25, 0.3) is 0 Å². The van der Waals surface area contributed by atoms with Crippen molar-refractivity contribution in [3.63, 3.8) is 0 Å². The van der Waals surface area contributed by atoms with Gasteiger partial charge in [0.15, 0.2) is 0 Å². The van der Waals surface area contributed by atoms with Crippen LogP contribution in [0.15, 0.2) is 12.7 Å². The molecule has 0 radical (unpaired) electrons. The Kier molecular flexibility index (Phi) is 4.54. The van der Waals surface area contributed by atoms with Crippen LogP contribution in [-0.2, 0) is 9.53 Å². The fourth-order valence-corrected chi connectivity index (χ4v) is 2.06. The molecule has 0 saturated carbocycles. The van der Waals surface area contributed by atoms with E-state index < -0.39 is 18.0 Å². The molecule has 96 valence electrons. The molecule has 0 aliphatic carbocycles. The third kappa shape index (κ3) is 3.22. The molecule has 17 heavy (non-hydrogen) atoms. The number of piperidine rings is 1. The van der Waals surface area contributed by atoms with Gasteiger partial charge in [-0.15, -0.1) is 0 Å². The van der Waals surface area contributed by atoms with Gasteiger partial charge in [0.1, 0.15) is 6.61 Å². The number of nitrogens with zero attached hydrogens (tertiary/aromatic N) is 1. The van der Waals surface area contributed by atoms with Crippen molar-refractivity contribution >= 4 is 12.1 Å². The number of hydrogen-bond acceptors (Lipinski definition) is 3. The molecule has 1 aliphatic rings. The van der Waals surface area contributed by atoms with Crippen LogP contribution in [0.1, 0.15) is 20.3 Å². The first-order valence-electron chi connectivity index (χ1n) is 5.74. The lowest BCUT2D eigenvalue weighted by atomic mass is 9.85. The Hall–Kier alpha value is -1.52. The Morgan fingerprint density at radius 2 is 2.18 bits per heavy atom. The average molecular weight is 241 g/mol. The number of likely N-dealkylation sites (tertiary alicyclic amines) is 1. The van der Waals surface area contributed by atoms with E-state index in [1.165, 1.54) is 11.0 Å². The fourth-order valence-electron chi connectivity index (χ4n) is 2.06. The molecule has 0 aromatic carbocycles. The second kappa shape index (κ2) is 5.70. The Balaban J connectivity index is 2.70. The van der Waals surface area contributed by atoms with Crippen molar-refractivity contribution in [1.82, 2.24) is 4.90 Å². The standard InChI is InChI=1S/C12H19NO4/c1-4-5-17-12(16)13-7-10(11(14)15)6-8(2)9(13)3/h4,8-10H,1,5-7H2,2-3H3,(H,14,15). The van der Waals surface area contributed by atoms with Gasteiger partial charge in [0.05, 0.1) is 5.92 Å². The fraction of sp³-hybridized carbons (Fsp3) is 0.667. The van der Waals surface area contributed by atoms with Gasteiger partial charge in [-0.3, -0.25) is 4.79 Å². The number of amides is 1. The average Bonchev–Trinajstić information content (AvgIpc) is 2.29. The number of carboxylic acids is 1. The van der Waals surface area contributed by atoms with Gasteiger partial charge in [0.25, 0.3) is 0 Å². The van der Waals surface area contributed by atoms with Crippen molar-refractivity contribution in [2.24, 2.45) is 11.8 Å². The molecular formula is C12H19NO4. The van der Waals surface area contributed by atoms with Gasteiger partial charge in [-0.25, -0.2) is 4.79 Å². The summed E-state index contributed by atoms with van der Waals surface area (Å²) in [6.07, 6.45) is 1.63. The number of aliphatic carboxylic acids is 1. The van der Waals surface area contributed by atoms with Gasteiger partial charge < -0.3 is 14.7 Å². The van der Waals surface area contributed by atoms with Crippen LogP contribution in [0, 0.1) is 11.8 Å². The van der Waals surface area contributed by atoms with Crippen LogP contribution in [0.4, 0.5) is 4.79 Å². The molecule has 0 spiro atoms. The second-order valence-corrected chi connectivity index (χ2v) is 4.51. The Bertz CT molecular complexity index is 316. The highest BCUT2D eigenvalue weighted by Gasteiger charge is 2.37. The largest absolute Gasteiger partial charge is 0.481 e. The van der Waals surface area contributed by atoms with E-state index in [-0.39, 0.29) is 25.1 Å². The highest BCUT2D eigenvalue weighted by atomic mass is 16.6. The summed E-state index contributed by atoms with van der Waals surface area (Å²) in [6, 6.07) is 0.00270. The summed E-state index contributed by atoms with van der Waals surface area (Å²) in [5, 5.41) is 9.02. The van der Waals surface area contributed by atoms with Gasteiger partial charge in [-0.05, 0) is 19.3 Å². The SMILES string of the molecule is C=CCOC(=O)N1CC(C(=O)O)CC(C)C1C. The van der Waals surface area contributed by atoms with Gasteiger partial charge in [-0.2, -0.15) is 0 Å². The third-order valence-corrected chi connectivity index (χ3v) is 3.30. The molecule has 0 bridgehead atoms. The van der Waals surface area contributed by atoms with Crippen LogP contribution in [0.5, 0.6) is 0 Å². The van der Waals surface area contributed by atoms with E-state index >= 15 is 0 Å². The maximum atomic E-state index is 11.7. The monoisotopic (exact) mass is 241 g/mol. The van der Waals surface area contributed by atoms with Crippen LogP contribution >= 0.6 is 0 Å². The van der Waals surface area contributed by atoms with E-state index in [2.05, 4.69) is 6.58 Å². The van der Waals surface area contributed by atoms with Crippen molar-refractivity contribution in [3.05, 3.63) is 12.7 Å². The first-order valence-corrected chi connectivity index (χ1v) is 5.74. The van der Waals surface area contributed by atoms with E-state index in [4.69, 9.17) is 9.84 Å². The van der Waals surface area contributed by atoms with Crippen LogP contribution in [0.2, 0.25) is 0 Å². The number of carboxylic acid groups (broad SMARTS) is 1. The molecule has 1 saturated heterocycles. The summed E-state index contributed by atoms with van der Waals surface area (Å²) < 4.78 is 4.95. The highest BCUT2D eigenvalue weighted by molar-refractivity contribution is 5.73. The van der Waals surface area contributed by atoms with Gasteiger partial charge in [0, 0.05) is 12.6 Å². The summed E-state index contributed by atoms with van der Waals surface area (Å²) in [5.41, 5.74) is 0. The lowest BCUT2D eigenvalue weighted by Gasteiger charge is -2.39. The predicted octanol–water partition coefficient (Wildman–Crippen LogP) is 1.74. The molecule has 5 heteroatoms. The summed E-state index contributed by atoms with van der Waals surface area (Å²) in [5.74, 6) is -1.20. The number of hydrogen-bond donors (Lipinski definition) is 1. The third-order valence-electron chi connectivity index (χ3n) is 3.30. The lowest BCUT2D eigenvalue weighted by Crippen LogP contribution is -2.51. The van der Waals surface area contributed by atoms with Crippen molar-refractivity contribution in [2.75, 3.05) is 13.2 Å². The lowest BCUT2D eigenvalue weighted by molar-refractivity contribution is -0.144. The molecule has 5 nitrogen and oxygen atoms in total. The number of carbonyl (C=O) groups excluding carboxylic acids is 1. The molecule has 1 amide bonds. The smallest absolute Gasteiger partial charge is 0.410 e. The Morgan fingerprint density at radius 1 is 1.53 bits per heavy atom. The van der Waals surface area contributed by atoms with Crippen LogP contribution < -0.4 is 0 Å². The molecule has 3 atom stereocenters. The topological polar surface area (TPSA) is 66.8 Å². The molecule has 1 fully saturated rings. The zero-order valence-electron chi connectivity index (χ0n) is 10.3. The molecule has 0 aromatic rings. The minimum Gasteiger partial charge on any atom is -0.481 e. The molecule has 3 unspecified atom stereocenters. The zero-order chi connectivity index (χ0) is 13.0. The van der Waals surface area contributed by atoms with Gasteiger partial charge in [-0.1, -0.05) is 19.6 Å². The van der Waals surface area contributed by atoms with Crippen molar-refractivity contribution in [1.29, 1.82) is 0 Å². The molecular weight excluding hydrogens is 222 g/mol. The zero-order valence-corrected chi connectivity index (χ0v) is 10.3. The maximum Gasteiger partial charge on any atom is 0.410 e. The van der Waals surface area contributed by atoms with E-state index in [0.29, 0.717) is 6.42 Å². The normalized spacial score (nSPS) is 28.6. The molecule has 1 rings (SSSR count). The Morgan fingerprint density at radius 3 is 2.71 bits per heavy atom. The first-order chi connectivity index (χ1) is 7.97. The van der Waals surface area contributed by atoms with Gasteiger partial charge >= 0.3 is 12.1 Å².